The molecule has 1 saturated heterocycles. The summed E-state index contributed by atoms with van der Waals surface area (Å²) in [5.41, 5.74) is 1.99. The van der Waals surface area contributed by atoms with Crippen molar-refractivity contribution < 1.29 is 9.90 Å². The van der Waals surface area contributed by atoms with Gasteiger partial charge in [0.1, 0.15) is 0 Å². The number of rotatable bonds is 3. The van der Waals surface area contributed by atoms with Crippen molar-refractivity contribution in [2.24, 2.45) is 0 Å². The third-order valence-corrected chi connectivity index (χ3v) is 7.52. The van der Waals surface area contributed by atoms with Crippen LogP contribution in [0.25, 0.3) is 0 Å². The topological polar surface area (TPSA) is 37.3 Å². The second-order valence-corrected chi connectivity index (χ2v) is 7.95. The number of carbonyl (C=O) groups excluding carboxylic acids is 1. The summed E-state index contributed by atoms with van der Waals surface area (Å²) >= 11 is 3.98. The van der Waals surface area contributed by atoms with Crippen LogP contribution in [0.3, 0.4) is 0 Å². The molecule has 102 valence electrons. The highest BCUT2D eigenvalue weighted by molar-refractivity contribution is 8.19. The molecule has 0 aromatic heterocycles. The fraction of sp³-hybridized carbons (Fsp3) is 0.786. The molecule has 1 heterocycles. The standard InChI is InChI=1S/C14H22O2S2/c1-2-14(17-8-5-9-18-14)12-6-3-4-7-13(16)11(12)10-15/h15H,2-10H2,1H3. The Hall–Kier alpha value is 0.0700. The monoisotopic (exact) mass is 286 g/mol. The molecule has 2 rings (SSSR count). The minimum atomic E-state index is -0.0724. The largest absolute Gasteiger partial charge is 0.392 e. The zero-order valence-electron chi connectivity index (χ0n) is 11.0. The number of thioether (sulfide) groups is 2. The second kappa shape index (κ2) is 6.49. The number of carbonyl (C=O) groups is 1. The molecule has 0 saturated carbocycles. The van der Waals surface area contributed by atoms with E-state index in [9.17, 15) is 9.90 Å². The summed E-state index contributed by atoms with van der Waals surface area (Å²) < 4.78 is 0.0658. The van der Waals surface area contributed by atoms with E-state index in [0.717, 1.165) is 31.3 Å². The number of aliphatic hydroxyl groups is 1. The van der Waals surface area contributed by atoms with Crippen LogP contribution in [-0.2, 0) is 4.79 Å². The van der Waals surface area contributed by atoms with Gasteiger partial charge in [-0.05, 0) is 49.2 Å². The first-order valence-corrected chi connectivity index (χ1v) is 8.85. The Kier molecular flexibility index (Phi) is 5.22. The van der Waals surface area contributed by atoms with Gasteiger partial charge in [-0.15, -0.1) is 23.5 Å². The van der Waals surface area contributed by atoms with Gasteiger partial charge in [-0.25, -0.2) is 0 Å². The first-order chi connectivity index (χ1) is 8.73. The van der Waals surface area contributed by atoms with Crippen molar-refractivity contribution in [1.29, 1.82) is 0 Å². The van der Waals surface area contributed by atoms with E-state index in [1.807, 2.05) is 23.5 Å². The van der Waals surface area contributed by atoms with Crippen LogP contribution >= 0.6 is 23.5 Å². The van der Waals surface area contributed by atoms with E-state index in [0.29, 0.717) is 6.42 Å². The summed E-state index contributed by atoms with van der Waals surface area (Å²) in [6.45, 7) is 2.14. The third kappa shape index (κ3) is 2.81. The van der Waals surface area contributed by atoms with Crippen molar-refractivity contribution in [1.82, 2.24) is 0 Å². The third-order valence-electron chi connectivity index (χ3n) is 3.82. The molecule has 1 N–H and O–H groups in total. The molecule has 0 amide bonds. The van der Waals surface area contributed by atoms with Crippen LogP contribution in [-0.4, -0.2) is 33.1 Å². The quantitative estimate of drug-likeness (QED) is 0.863. The maximum absolute atomic E-state index is 12.1. The smallest absolute Gasteiger partial charge is 0.161 e. The predicted octanol–water partition coefficient (Wildman–Crippen LogP) is 3.39. The Morgan fingerprint density at radius 1 is 1.17 bits per heavy atom. The van der Waals surface area contributed by atoms with Crippen molar-refractivity contribution in [3.63, 3.8) is 0 Å². The lowest BCUT2D eigenvalue weighted by Gasteiger charge is -2.38. The molecular formula is C14H22O2S2. The maximum atomic E-state index is 12.1. The molecule has 0 bridgehead atoms. The van der Waals surface area contributed by atoms with Gasteiger partial charge < -0.3 is 5.11 Å². The van der Waals surface area contributed by atoms with Crippen molar-refractivity contribution in [3.8, 4) is 0 Å². The highest BCUT2D eigenvalue weighted by atomic mass is 32.2. The summed E-state index contributed by atoms with van der Waals surface area (Å²) in [6, 6.07) is 0. The zero-order valence-corrected chi connectivity index (χ0v) is 12.7. The van der Waals surface area contributed by atoms with E-state index >= 15 is 0 Å². The SMILES string of the molecule is CCC1(C2=C(CO)C(=O)CCCC2)SCCCS1. The highest BCUT2D eigenvalue weighted by Gasteiger charge is 2.38. The molecule has 0 unspecified atom stereocenters. The average Bonchev–Trinajstić information content (AvgIpc) is 2.61. The summed E-state index contributed by atoms with van der Waals surface area (Å²) in [5, 5.41) is 9.60. The van der Waals surface area contributed by atoms with Crippen LogP contribution in [0.5, 0.6) is 0 Å². The van der Waals surface area contributed by atoms with Crippen molar-refractivity contribution in [2.45, 2.75) is 49.5 Å². The molecule has 1 fully saturated rings. The van der Waals surface area contributed by atoms with Crippen LogP contribution in [0.2, 0.25) is 0 Å². The average molecular weight is 286 g/mol. The first-order valence-electron chi connectivity index (χ1n) is 6.88. The number of ketones is 1. The van der Waals surface area contributed by atoms with E-state index in [2.05, 4.69) is 6.92 Å². The molecule has 2 nitrogen and oxygen atoms in total. The molecule has 0 spiro atoms. The van der Waals surface area contributed by atoms with E-state index in [4.69, 9.17) is 0 Å². The Bertz CT molecular complexity index is 344. The summed E-state index contributed by atoms with van der Waals surface area (Å²) in [4.78, 5) is 12.1. The van der Waals surface area contributed by atoms with Gasteiger partial charge in [0, 0.05) is 12.0 Å². The summed E-state index contributed by atoms with van der Waals surface area (Å²) in [7, 11) is 0. The minimum absolute atomic E-state index is 0.0658. The molecule has 1 aliphatic carbocycles. The lowest BCUT2D eigenvalue weighted by Crippen LogP contribution is -2.29. The number of hydrogen-bond donors (Lipinski definition) is 1. The van der Waals surface area contributed by atoms with Crippen LogP contribution < -0.4 is 0 Å². The molecular weight excluding hydrogens is 264 g/mol. The molecule has 0 aromatic carbocycles. The van der Waals surface area contributed by atoms with Gasteiger partial charge in [0.2, 0.25) is 0 Å². The highest BCUT2D eigenvalue weighted by Crippen LogP contribution is 2.52. The molecule has 0 atom stereocenters. The lowest BCUT2D eigenvalue weighted by molar-refractivity contribution is -0.116. The van der Waals surface area contributed by atoms with Gasteiger partial charge in [0.05, 0.1) is 10.7 Å². The van der Waals surface area contributed by atoms with Gasteiger partial charge in [-0.3, -0.25) is 4.79 Å². The Morgan fingerprint density at radius 2 is 1.83 bits per heavy atom. The van der Waals surface area contributed by atoms with E-state index in [-0.39, 0.29) is 16.5 Å². The molecule has 0 aromatic rings. The molecule has 4 heteroatoms. The Labute approximate surface area is 118 Å². The Balaban J connectivity index is 2.38. The molecule has 18 heavy (non-hydrogen) atoms. The maximum Gasteiger partial charge on any atom is 0.161 e. The van der Waals surface area contributed by atoms with Gasteiger partial charge >= 0.3 is 0 Å². The van der Waals surface area contributed by atoms with Gasteiger partial charge in [-0.1, -0.05) is 6.92 Å². The predicted molar refractivity (Wildman–Crippen MR) is 80.1 cm³/mol. The van der Waals surface area contributed by atoms with E-state index in [1.165, 1.54) is 23.5 Å². The number of hydrogen-bond acceptors (Lipinski definition) is 4. The second-order valence-electron chi connectivity index (χ2n) is 4.90. The first kappa shape index (κ1) is 14.5. The zero-order chi connectivity index (χ0) is 13.0. The Morgan fingerprint density at radius 3 is 2.44 bits per heavy atom. The van der Waals surface area contributed by atoms with Crippen LogP contribution in [0, 0.1) is 0 Å². The van der Waals surface area contributed by atoms with Gasteiger partial charge in [-0.2, -0.15) is 0 Å². The van der Waals surface area contributed by atoms with Gasteiger partial charge in [0.25, 0.3) is 0 Å². The molecule has 1 aliphatic heterocycles. The minimum Gasteiger partial charge on any atom is -0.392 e. The van der Waals surface area contributed by atoms with Crippen molar-refractivity contribution in [3.05, 3.63) is 11.1 Å². The van der Waals surface area contributed by atoms with Gasteiger partial charge in [0.15, 0.2) is 5.78 Å². The number of Topliss-reactive ketones (excluding diaryl/α,β-unsaturated/α-hetero) is 1. The number of aliphatic hydroxyl groups excluding tert-OH is 1. The lowest BCUT2D eigenvalue weighted by atomic mass is 9.98. The van der Waals surface area contributed by atoms with Crippen LogP contribution in [0.1, 0.15) is 45.4 Å². The molecule has 0 radical (unpaired) electrons. The summed E-state index contributed by atoms with van der Waals surface area (Å²) in [6.07, 6.45) is 5.99. The fourth-order valence-electron chi connectivity index (χ4n) is 2.83. The van der Waals surface area contributed by atoms with E-state index < -0.39 is 0 Å². The normalized spacial score (nSPS) is 25.1. The van der Waals surface area contributed by atoms with Crippen molar-refractivity contribution in [2.75, 3.05) is 18.1 Å². The van der Waals surface area contributed by atoms with Crippen LogP contribution in [0.4, 0.5) is 0 Å². The van der Waals surface area contributed by atoms with E-state index in [1.54, 1.807) is 0 Å². The van der Waals surface area contributed by atoms with Crippen molar-refractivity contribution >= 4 is 29.3 Å². The molecule has 2 aliphatic rings. The summed E-state index contributed by atoms with van der Waals surface area (Å²) in [5.74, 6) is 2.54. The van der Waals surface area contributed by atoms with Crippen LogP contribution in [0.15, 0.2) is 11.1 Å². The fourth-order valence-corrected chi connectivity index (χ4v) is 6.29.